The molecule has 0 unspecified atom stereocenters. The van der Waals surface area contributed by atoms with Gasteiger partial charge in [-0.25, -0.2) is 13.8 Å². The molecular formula is C11H6ClF2N5. The summed E-state index contributed by atoms with van der Waals surface area (Å²) in [7, 11) is 0. The Bertz CT molecular complexity index is 711. The minimum Gasteiger partial charge on any atom is -0.382 e. The molecule has 19 heavy (non-hydrogen) atoms. The molecule has 0 atom stereocenters. The average Bonchev–Trinajstić information content (AvgIpc) is 2.33. The van der Waals surface area contributed by atoms with Gasteiger partial charge in [-0.05, 0) is 6.07 Å². The van der Waals surface area contributed by atoms with Crippen LogP contribution in [-0.2, 0) is 0 Å². The number of rotatable bonds is 1. The van der Waals surface area contributed by atoms with Crippen LogP contribution in [0.5, 0.6) is 0 Å². The highest BCUT2D eigenvalue weighted by Crippen LogP contribution is 2.33. The molecule has 0 saturated carbocycles. The van der Waals surface area contributed by atoms with Crippen LogP contribution < -0.4 is 11.5 Å². The fraction of sp³-hybridized carbons (Fsp3) is 0. The van der Waals surface area contributed by atoms with E-state index >= 15 is 0 Å². The monoisotopic (exact) mass is 281 g/mol. The first-order chi connectivity index (χ1) is 8.93. The molecule has 0 radical (unpaired) electrons. The Balaban J connectivity index is 2.83. The van der Waals surface area contributed by atoms with Gasteiger partial charge in [-0.15, -0.1) is 0 Å². The lowest BCUT2D eigenvalue weighted by Crippen LogP contribution is -2.05. The summed E-state index contributed by atoms with van der Waals surface area (Å²) in [6.07, 6.45) is 0. The first kappa shape index (κ1) is 13.0. The van der Waals surface area contributed by atoms with Crippen molar-refractivity contribution in [1.29, 1.82) is 5.26 Å². The van der Waals surface area contributed by atoms with Crippen molar-refractivity contribution in [2.45, 2.75) is 0 Å². The Kier molecular flexibility index (Phi) is 3.19. The lowest BCUT2D eigenvalue weighted by atomic mass is 10.1. The van der Waals surface area contributed by atoms with Crippen LogP contribution in [0.1, 0.15) is 5.56 Å². The van der Waals surface area contributed by atoms with Crippen LogP contribution in [0.15, 0.2) is 12.1 Å². The smallest absolute Gasteiger partial charge is 0.222 e. The molecule has 8 heteroatoms. The van der Waals surface area contributed by atoms with E-state index in [1.54, 1.807) is 6.07 Å². The zero-order chi connectivity index (χ0) is 14.2. The molecule has 0 bridgehead atoms. The number of anilines is 2. The highest BCUT2D eigenvalue weighted by molar-refractivity contribution is 6.33. The Morgan fingerprint density at radius 2 is 1.89 bits per heavy atom. The van der Waals surface area contributed by atoms with E-state index in [4.69, 9.17) is 28.3 Å². The second kappa shape index (κ2) is 4.66. The molecule has 0 saturated heterocycles. The summed E-state index contributed by atoms with van der Waals surface area (Å²) in [6, 6.07) is 3.30. The van der Waals surface area contributed by atoms with Crippen molar-refractivity contribution in [3.05, 3.63) is 34.4 Å². The predicted octanol–water partition coefficient (Wildman–Crippen LogP) is 2.11. The van der Waals surface area contributed by atoms with Gasteiger partial charge >= 0.3 is 0 Å². The van der Waals surface area contributed by atoms with Crippen molar-refractivity contribution >= 4 is 23.4 Å². The predicted molar refractivity (Wildman–Crippen MR) is 65.9 cm³/mol. The van der Waals surface area contributed by atoms with Crippen molar-refractivity contribution in [2.24, 2.45) is 0 Å². The molecule has 2 rings (SSSR count). The molecule has 0 amide bonds. The fourth-order valence-electron chi connectivity index (χ4n) is 1.53. The Hall–Kier alpha value is -2.46. The van der Waals surface area contributed by atoms with Crippen LogP contribution in [-0.4, -0.2) is 9.97 Å². The number of aromatic nitrogens is 2. The summed E-state index contributed by atoms with van der Waals surface area (Å²) in [5.74, 6) is -2.26. The maximum atomic E-state index is 13.4. The van der Waals surface area contributed by atoms with Crippen LogP contribution in [0.3, 0.4) is 0 Å². The van der Waals surface area contributed by atoms with Crippen LogP contribution in [0.25, 0.3) is 11.3 Å². The van der Waals surface area contributed by atoms with E-state index in [9.17, 15) is 8.78 Å². The van der Waals surface area contributed by atoms with Crippen LogP contribution in [0.2, 0.25) is 5.02 Å². The molecule has 2 aromatic rings. The Morgan fingerprint density at radius 1 is 1.21 bits per heavy atom. The van der Waals surface area contributed by atoms with Crippen molar-refractivity contribution in [1.82, 2.24) is 9.97 Å². The summed E-state index contributed by atoms with van der Waals surface area (Å²) in [5, 5.41) is 8.62. The third-order valence-corrected chi connectivity index (χ3v) is 2.70. The van der Waals surface area contributed by atoms with E-state index in [2.05, 4.69) is 9.97 Å². The Morgan fingerprint density at radius 3 is 2.53 bits per heavy atom. The van der Waals surface area contributed by atoms with Gasteiger partial charge in [-0.3, -0.25) is 0 Å². The van der Waals surface area contributed by atoms with E-state index in [0.29, 0.717) is 6.07 Å². The summed E-state index contributed by atoms with van der Waals surface area (Å²) in [6.45, 7) is 0. The van der Waals surface area contributed by atoms with Crippen molar-refractivity contribution < 1.29 is 8.78 Å². The lowest BCUT2D eigenvalue weighted by Gasteiger charge is -2.09. The molecule has 1 aromatic carbocycles. The number of nitrogens with two attached hydrogens (primary N) is 2. The minimum atomic E-state index is -0.976. The number of halogens is 3. The average molecular weight is 282 g/mol. The van der Waals surface area contributed by atoms with Gasteiger partial charge in [0.15, 0.2) is 0 Å². The molecule has 96 valence electrons. The molecule has 4 N–H and O–H groups in total. The van der Waals surface area contributed by atoms with E-state index in [-0.39, 0.29) is 33.6 Å². The summed E-state index contributed by atoms with van der Waals surface area (Å²) in [4.78, 5) is 7.36. The van der Waals surface area contributed by atoms with Crippen LogP contribution >= 0.6 is 11.6 Å². The molecule has 1 heterocycles. The maximum absolute atomic E-state index is 13.4. The third-order valence-electron chi connectivity index (χ3n) is 2.31. The molecule has 0 aliphatic rings. The second-order valence-corrected chi connectivity index (χ2v) is 3.93. The second-order valence-electron chi connectivity index (χ2n) is 3.55. The first-order valence-corrected chi connectivity index (χ1v) is 5.29. The van der Waals surface area contributed by atoms with Crippen LogP contribution in [0, 0.1) is 23.0 Å². The summed E-state index contributed by atoms with van der Waals surface area (Å²) >= 11 is 5.74. The normalized spacial score (nSPS) is 10.2. The number of benzene rings is 1. The highest BCUT2D eigenvalue weighted by Gasteiger charge is 2.18. The standard InChI is InChI=1S/C11H6ClF2N5/c12-8-5(1-4(13)2-7(8)14)9-6(3-15)10(16)19-11(17)18-9/h1-2H,(H4,16,17,18,19). The molecular weight excluding hydrogens is 276 g/mol. The van der Waals surface area contributed by atoms with E-state index < -0.39 is 11.6 Å². The fourth-order valence-corrected chi connectivity index (χ4v) is 1.73. The van der Waals surface area contributed by atoms with E-state index in [1.165, 1.54) is 0 Å². The van der Waals surface area contributed by atoms with E-state index in [0.717, 1.165) is 6.07 Å². The topological polar surface area (TPSA) is 102 Å². The molecule has 1 aromatic heterocycles. The molecule has 0 spiro atoms. The summed E-state index contributed by atoms with van der Waals surface area (Å²) < 4.78 is 26.6. The Labute approximate surface area is 111 Å². The zero-order valence-electron chi connectivity index (χ0n) is 9.28. The number of hydrogen-bond donors (Lipinski definition) is 2. The largest absolute Gasteiger partial charge is 0.382 e. The number of nitrogen functional groups attached to an aromatic ring is 2. The van der Waals surface area contributed by atoms with Gasteiger partial charge < -0.3 is 11.5 Å². The van der Waals surface area contributed by atoms with Crippen molar-refractivity contribution in [3.63, 3.8) is 0 Å². The summed E-state index contributed by atoms with van der Waals surface area (Å²) in [5.41, 5.74) is 10.5. The molecule has 0 aliphatic heterocycles. The number of nitriles is 1. The lowest BCUT2D eigenvalue weighted by molar-refractivity contribution is 0.584. The van der Waals surface area contributed by atoms with Crippen molar-refractivity contribution in [2.75, 3.05) is 11.5 Å². The van der Waals surface area contributed by atoms with E-state index in [1.807, 2.05) is 0 Å². The first-order valence-electron chi connectivity index (χ1n) is 4.92. The van der Waals surface area contributed by atoms with Gasteiger partial charge in [0.05, 0.1) is 10.7 Å². The van der Waals surface area contributed by atoms with Gasteiger partial charge in [0, 0.05) is 11.6 Å². The van der Waals surface area contributed by atoms with Crippen molar-refractivity contribution in [3.8, 4) is 17.3 Å². The number of hydrogen-bond acceptors (Lipinski definition) is 5. The van der Waals surface area contributed by atoms with Gasteiger partial charge in [-0.1, -0.05) is 11.6 Å². The molecule has 0 aliphatic carbocycles. The van der Waals surface area contributed by atoms with Gasteiger partial charge in [-0.2, -0.15) is 10.2 Å². The molecule has 0 fully saturated rings. The van der Waals surface area contributed by atoms with Gasteiger partial charge in [0.1, 0.15) is 29.1 Å². The number of nitrogens with zero attached hydrogens (tertiary/aromatic N) is 3. The highest BCUT2D eigenvalue weighted by atomic mass is 35.5. The van der Waals surface area contributed by atoms with Gasteiger partial charge in [0.2, 0.25) is 5.95 Å². The minimum absolute atomic E-state index is 0.114. The SMILES string of the molecule is N#Cc1c(N)nc(N)nc1-c1cc(F)cc(F)c1Cl. The van der Waals surface area contributed by atoms with Crippen LogP contribution in [0.4, 0.5) is 20.5 Å². The zero-order valence-corrected chi connectivity index (χ0v) is 10.0. The third kappa shape index (κ3) is 2.26. The van der Waals surface area contributed by atoms with Gasteiger partial charge in [0.25, 0.3) is 0 Å². The molecule has 5 nitrogen and oxygen atoms in total. The maximum Gasteiger partial charge on any atom is 0.222 e. The quantitative estimate of drug-likeness (QED) is 0.780.